The number of rotatable bonds is 6. The van der Waals surface area contributed by atoms with Crippen molar-refractivity contribution in [3.8, 4) is 0 Å². The monoisotopic (exact) mass is 325 g/mol. The van der Waals surface area contributed by atoms with Gasteiger partial charge in [-0.05, 0) is 18.1 Å². The van der Waals surface area contributed by atoms with E-state index in [1.807, 2.05) is 36.4 Å². The summed E-state index contributed by atoms with van der Waals surface area (Å²) in [6.45, 7) is 2.21. The highest BCUT2D eigenvalue weighted by Gasteiger charge is 2.44. The Balaban J connectivity index is 2.68. The fourth-order valence-electron chi connectivity index (χ4n) is 3.13. The quantitative estimate of drug-likeness (QED) is 0.812. The number of nitrogens with zero attached hydrogens (tertiary/aromatic N) is 1. The minimum absolute atomic E-state index is 0.0419. The fraction of sp³-hybridized carbons (Fsp3) is 0.381. The highest BCUT2D eigenvalue weighted by atomic mass is 16.2. The third-order valence-electron chi connectivity index (χ3n) is 5.07. The van der Waals surface area contributed by atoms with Crippen LogP contribution in [-0.4, -0.2) is 44.6 Å². The fourth-order valence-corrected chi connectivity index (χ4v) is 3.13. The predicted molar refractivity (Wildman–Crippen MR) is 99.8 cm³/mol. The summed E-state index contributed by atoms with van der Waals surface area (Å²) in [6, 6.07) is 20.6. The van der Waals surface area contributed by atoms with E-state index in [1.54, 1.807) is 7.05 Å². The molecule has 0 heterocycles. The van der Waals surface area contributed by atoms with Gasteiger partial charge >= 0.3 is 0 Å². The molecule has 0 radical (unpaired) electrons. The number of hydrogen-bond acceptors (Lipinski definition) is 1. The number of carbonyl (C=O) groups is 1. The number of nitrogens with one attached hydrogen (secondary N) is 1. The van der Waals surface area contributed by atoms with Crippen LogP contribution < -0.4 is 5.32 Å². The highest BCUT2D eigenvalue weighted by Crippen LogP contribution is 2.38. The largest absolute Gasteiger partial charge is 0.358 e. The Labute approximate surface area is 145 Å². The van der Waals surface area contributed by atoms with E-state index in [2.05, 4.69) is 57.6 Å². The van der Waals surface area contributed by atoms with E-state index in [0.29, 0.717) is 6.04 Å². The smallest absolute Gasteiger partial charge is 0.235 e. The Morgan fingerprint density at radius 1 is 0.958 bits per heavy atom. The van der Waals surface area contributed by atoms with Crippen molar-refractivity contribution < 1.29 is 9.28 Å². The maximum atomic E-state index is 13.2. The van der Waals surface area contributed by atoms with Crippen molar-refractivity contribution >= 4 is 5.91 Å². The molecule has 1 atom stereocenters. The van der Waals surface area contributed by atoms with Gasteiger partial charge in [-0.15, -0.1) is 0 Å². The van der Waals surface area contributed by atoms with Gasteiger partial charge in [-0.2, -0.15) is 0 Å². The minimum Gasteiger partial charge on any atom is -0.358 e. The molecule has 128 valence electrons. The topological polar surface area (TPSA) is 29.1 Å². The summed E-state index contributed by atoms with van der Waals surface area (Å²) in [4.78, 5) is 13.2. The lowest BCUT2D eigenvalue weighted by molar-refractivity contribution is -0.894. The van der Waals surface area contributed by atoms with E-state index in [9.17, 15) is 4.79 Å². The van der Waals surface area contributed by atoms with Gasteiger partial charge in [0.05, 0.1) is 27.2 Å². The lowest BCUT2D eigenvalue weighted by Crippen LogP contribution is -2.52. The minimum atomic E-state index is -0.692. The summed E-state index contributed by atoms with van der Waals surface area (Å²) in [5.41, 5.74) is 1.38. The lowest BCUT2D eigenvalue weighted by atomic mass is 9.69. The molecule has 0 fully saturated rings. The second-order valence-electron chi connectivity index (χ2n) is 7.39. The zero-order valence-electron chi connectivity index (χ0n) is 15.4. The molecule has 0 aliphatic carbocycles. The molecule has 0 aromatic heterocycles. The SMILES string of the molecule is CNC(=O)C(CC(C)[N+](C)(C)C)(c1ccccc1)c1ccccc1. The predicted octanol–water partition coefficient (Wildman–Crippen LogP) is 3.20. The molecule has 2 rings (SSSR count). The summed E-state index contributed by atoms with van der Waals surface area (Å²) in [5.74, 6) is 0.0419. The molecule has 1 N–H and O–H groups in total. The molecule has 0 bridgehead atoms. The average Bonchev–Trinajstić information content (AvgIpc) is 2.59. The third kappa shape index (κ3) is 3.51. The van der Waals surface area contributed by atoms with Crippen LogP contribution in [0.5, 0.6) is 0 Å². The molecule has 1 amide bonds. The summed E-state index contributed by atoms with van der Waals surface area (Å²) >= 11 is 0. The number of likely N-dealkylation sites (N-methyl/N-ethyl adjacent to an activating group) is 1. The van der Waals surface area contributed by atoms with Crippen molar-refractivity contribution in [3.05, 3.63) is 71.8 Å². The van der Waals surface area contributed by atoms with Gasteiger partial charge in [-0.3, -0.25) is 4.79 Å². The molecule has 2 aromatic carbocycles. The molecule has 3 nitrogen and oxygen atoms in total. The van der Waals surface area contributed by atoms with Gasteiger partial charge in [-0.1, -0.05) is 60.7 Å². The number of hydrogen-bond donors (Lipinski definition) is 1. The van der Waals surface area contributed by atoms with Crippen molar-refractivity contribution in [1.29, 1.82) is 0 Å². The highest BCUT2D eigenvalue weighted by molar-refractivity contribution is 5.92. The normalized spacial score (nSPS) is 13.4. The number of quaternary nitrogens is 1. The molecule has 2 aromatic rings. The Kier molecular flexibility index (Phi) is 5.45. The first kappa shape index (κ1) is 18.2. The number of amides is 1. The maximum absolute atomic E-state index is 13.2. The van der Waals surface area contributed by atoms with Crippen molar-refractivity contribution in [2.75, 3.05) is 28.2 Å². The van der Waals surface area contributed by atoms with Gasteiger partial charge in [0.2, 0.25) is 5.91 Å². The van der Waals surface area contributed by atoms with Gasteiger partial charge in [0.1, 0.15) is 5.41 Å². The molecule has 24 heavy (non-hydrogen) atoms. The average molecular weight is 325 g/mol. The van der Waals surface area contributed by atoms with E-state index >= 15 is 0 Å². The van der Waals surface area contributed by atoms with Gasteiger partial charge < -0.3 is 9.80 Å². The molecule has 3 heteroatoms. The first-order valence-electron chi connectivity index (χ1n) is 8.46. The molecule has 0 saturated heterocycles. The summed E-state index contributed by atoms with van der Waals surface area (Å²) < 4.78 is 0.804. The zero-order chi connectivity index (χ0) is 17.8. The maximum Gasteiger partial charge on any atom is 0.235 e. The van der Waals surface area contributed by atoms with E-state index in [0.717, 1.165) is 22.0 Å². The first-order chi connectivity index (χ1) is 11.3. The summed E-state index contributed by atoms with van der Waals surface area (Å²) in [7, 11) is 8.25. The van der Waals surface area contributed by atoms with Crippen LogP contribution in [0.4, 0.5) is 0 Å². The first-order valence-corrected chi connectivity index (χ1v) is 8.46. The van der Waals surface area contributed by atoms with Crippen LogP contribution in [0.15, 0.2) is 60.7 Å². The van der Waals surface area contributed by atoms with Gasteiger partial charge in [0.25, 0.3) is 0 Å². The van der Waals surface area contributed by atoms with Crippen LogP contribution in [-0.2, 0) is 10.2 Å². The Morgan fingerprint density at radius 2 is 1.38 bits per heavy atom. The number of carbonyl (C=O) groups excluding carboxylic acids is 1. The van der Waals surface area contributed by atoms with Crippen molar-refractivity contribution in [2.45, 2.75) is 24.8 Å². The van der Waals surface area contributed by atoms with Crippen molar-refractivity contribution in [1.82, 2.24) is 5.32 Å². The molecule has 0 spiro atoms. The number of benzene rings is 2. The second kappa shape index (κ2) is 7.18. The lowest BCUT2D eigenvalue weighted by Gasteiger charge is -2.40. The van der Waals surface area contributed by atoms with Crippen LogP contribution in [0.3, 0.4) is 0 Å². The molecular formula is C21H29N2O+. The van der Waals surface area contributed by atoms with Crippen molar-refractivity contribution in [3.63, 3.8) is 0 Å². The van der Waals surface area contributed by atoms with Gasteiger partial charge in [-0.25, -0.2) is 0 Å². The van der Waals surface area contributed by atoms with Crippen LogP contribution in [0, 0.1) is 0 Å². The van der Waals surface area contributed by atoms with E-state index < -0.39 is 5.41 Å². The van der Waals surface area contributed by atoms with E-state index in [1.165, 1.54) is 0 Å². The molecule has 0 aliphatic heterocycles. The van der Waals surface area contributed by atoms with Crippen LogP contribution >= 0.6 is 0 Å². The molecule has 0 saturated carbocycles. The Hall–Kier alpha value is -2.13. The molecular weight excluding hydrogens is 296 g/mol. The third-order valence-corrected chi connectivity index (χ3v) is 5.07. The zero-order valence-corrected chi connectivity index (χ0v) is 15.4. The molecule has 1 unspecified atom stereocenters. The van der Waals surface area contributed by atoms with Crippen LogP contribution in [0.25, 0.3) is 0 Å². The van der Waals surface area contributed by atoms with E-state index in [-0.39, 0.29) is 5.91 Å². The summed E-state index contributed by atoms with van der Waals surface area (Å²) in [5, 5.41) is 2.91. The second-order valence-corrected chi connectivity index (χ2v) is 7.39. The van der Waals surface area contributed by atoms with Gasteiger partial charge in [0.15, 0.2) is 0 Å². The van der Waals surface area contributed by atoms with E-state index in [4.69, 9.17) is 0 Å². The van der Waals surface area contributed by atoms with Crippen LogP contribution in [0.1, 0.15) is 24.5 Å². The summed E-state index contributed by atoms with van der Waals surface area (Å²) in [6.07, 6.45) is 0.740. The van der Waals surface area contributed by atoms with Crippen molar-refractivity contribution in [2.24, 2.45) is 0 Å². The Morgan fingerprint density at radius 3 is 1.71 bits per heavy atom. The molecule has 0 aliphatic rings. The van der Waals surface area contributed by atoms with Crippen LogP contribution in [0.2, 0.25) is 0 Å². The van der Waals surface area contributed by atoms with Gasteiger partial charge in [0, 0.05) is 13.5 Å². The standard InChI is InChI=1S/C21H28N2O/c1-17(23(3,4)5)16-21(20(24)22-2,18-12-8-6-9-13-18)19-14-10-7-11-15-19/h6-15,17H,16H2,1-5H3/p+1. The Bertz CT molecular complexity index is 620.